The second-order valence-corrected chi connectivity index (χ2v) is 3.85. The number of carbonyl (C=O) groups excluding carboxylic acids is 1. The Morgan fingerprint density at radius 2 is 2.00 bits per heavy atom. The molecule has 0 bridgehead atoms. The highest BCUT2D eigenvalue weighted by Gasteiger charge is 2.14. The number of hydrogen-bond acceptors (Lipinski definition) is 3. The van der Waals surface area contributed by atoms with Gasteiger partial charge in [-0.1, -0.05) is 20.3 Å². The first-order valence-corrected chi connectivity index (χ1v) is 5.42. The van der Waals surface area contributed by atoms with Crippen LogP contribution in [0.1, 0.15) is 46.5 Å². The normalized spacial score (nSPS) is 14.9. The molecule has 0 aliphatic carbocycles. The van der Waals surface area contributed by atoms with Crippen LogP contribution in [0.4, 0.5) is 0 Å². The van der Waals surface area contributed by atoms with Gasteiger partial charge >= 0.3 is 5.97 Å². The van der Waals surface area contributed by atoms with Crippen molar-refractivity contribution >= 4 is 5.97 Å². The molecule has 0 heterocycles. The Morgan fingerprint density at radius 3 is 2.50 bits per heavy atom. The second kappa shape index (κ2) is 7.80. The average Bonchev–Trinajstić information content (AvgIpc) is 2.14. The van der Waals surface area contributed by atoms with Crippen molar-refractivity contribution in [3.05, 3.63) is 0 Å². The summed E-state index contributed by atoms with van der Waals surface area (Å²) in [4.78, 5) is 11.3. The zero-order chi connectivity index (χ0) is 11.0. The van der Waals surface area contributed by atoms with E-state index in [0.717, 1.165) is 12.8 Å². The van der Waals surface area contributed by atoms with Crippen LogP contribution >= 0.6 is 0 Å². The van der Waals surface area contributed by atoms with Gasteiger partial charge in [-0.3, -0.25) is 4.79 Å². The molecule has 0 aromatic carbocycles. The van der Waals surface area contributed by atoms with Gasteiger partial charge in [0, 0.05) is 0 Å². The van der Waals surface area contributed by atoms with Crippen molar-refractivity contribution in [2.45, 2.75) is 52.6 Å². The minimum absolute atomic E-state index is 0.0959. The van der Waals surface area contributed by atoms with Crippen molar-refractivity contribution in [2.24, 2.45) is 5.92 Å². The monoisotopic (exact) mass is 202 g/mol. The summed E-state index contributed by atoms with van der Waals surface area (Å²) >= 11 is 0. The predicted molar refractivity (Wildman–Crippen MR) is 55.9 cm³/mol. The van der Waals surface area contributed by atoms with E-state index in [1.54, 1.807) is 6.92 Å². The van der Waals surface area contributed by atoms with Gasteiger partial charge in [0.05, 0.1) is 18.6 Å². The highest BCUT2D eigenvalue weighted by atomic mass is 16.5. The van der Waals surface area contributed by atoms with Crippen molar-refractivity contribution in [1.82, 2.24) is 0 Å². The summed E-state index contributed by atoms with van der Waals surface area (Å²) in [5.41, 5.74) is 0. The Balaban J connectivity index is 3.54. The highest BCUT2D eigenvalue weighted by Crippen LogP contribution is 2.10. The van der Waals surface area contributed by atoms with Crippen molar-refractivity contribution in [2.75, 3.05) is 6.61 Å². The molecule has 0 fully saturated rings. The summed E-state index contributed by atoms with van der Waals surface area (Å²) < 4.78 is 5.06. The molecular formula is C11H22O3. The Morgan fingerprint density at radius 1 is 1.36 bits per heavy atom. The van der Waals surface area contributed by atoms with Gasteiger partial charge in [0.15, 0.2) is 0 Å². The molecule has 0 saturated heterocycles. The smallest absolute Gasteiger partial charge is 0.308 e. The maximum Gasteiger partial charge on any atom is 0.308 e. The maximum absolute atomic E-state index is 11.3. The summed E-state index contributed by atoms with van der Waals surface area (Å²) in [6.45, 7) is 6.16. The van der Waals surface area contributed by atoms with Crippen molar-refractivity contribution in [1.29, 1.82) is 0 Å². The van der Waals surface area contributed by atoms with E-state index in [1.165, 1.54) is 0 Å². The Labute approximate surface area is 86.5 Å². The molecule has 0 amide bonds. The van der Waals surface area contributed by atoms with Crippen LogP contribution in [-0.4, -0.2) is 23.8 Å². The molecule has 14 heavy (non-hydrogen) atoms. The molecule has 0 aromatic rings. The van der Waals surface area contributed by atoms with Crippen LogP contribution in [0.5, 0.6) is 0 Å². The van der Waals surface area contributed by atoms with E-state index in [0.29, 0.717) is 19.4 Å². The van der Waals surface area contributed by atoms with E-state index in [4.69, 9.17) is 9.84 Å². The minimum Gasteiger partial charge on any atom is -0.465 e. The lowest BCUT2D eigenvalue weighted by Gasteiger charge is -2.11. The van der Waals surface area contributed by atoms with E-state index >= 15 is 0 Å². The van der Waals surface area contributed by atoms with E-state index in [-0.39, 0.29) is 18.0 Å². The van der Waals surface area contributed by atoms with E-state index in [9.17, 15) is 4.79 Å². The van der Waals surface area contributed by atoms with Crippen LogP contribution in [0.25, 0.3) is 0 Å². The quantitative estimate of drug-likeness (QED) is 0.508. The third-order valence-corrected chi connectivity index (χ3v) is 2.16. The van der Waals surface area contributed by atoms with Gasteiger partial charge in [0.1, 0.15) is 0 Å². The van der Waals surface area contributed by atoms with E-state index in [1.807, 2.05) is 6.92 Å². The van der Waals surface area contributed by atoms with Gasteiger partial charge in [-0.25, -0.2) is 0 Å². The summed E-state index contributed by atoms with van der Waals surface area (Å²) in [6.07, 6.45) is 2.98. The van der Waals surface area contributed by atoms with Crippen LogP contribution in [-0.2, 0) is 9.53 Å². The number of rotatable bonds is 7. The number of unbranched alkanes of at least 4 members (excludes halogenated alkanes) is 1. The predicted octanol–water partition coefficient (Wildman–Crippen LogP) is 2.13. The van der Waals surface area contributed by atoms with Gasteiger partial charge < -0.3 is 9.84 Å². The summed E-state index contributed by atoms with van der Waals surface area (Å²) in [5.74, 6) is -0.236. The van der Waals surface area contributed by atoms with Gasteiger partial charge in [-0.15, -0.1) is 0 Å². The van der Waals surface area contributed by atoms with Crippen LogP contribution in [0.3, 0.4) is 0 Å². The third kappa shape index (κ3) is 6.89. The number of carbonyl (C=O) groups is 1. The minimum atomic E-state index is -0.333. The SMILES string of the molecule is CCCCOC(=O)C(C)CCC(C)O. The summed E-state index contributed by atoms with van der Waals surface area (Å²) in [7, 11) is 0. The molecule has 0 aliphatic rings. The van der Waals surface area contributed by atoms with Crippen molar-refractivity contribution in [3.63, 3.8) is 0 Å². The largest absolute Gasteiger partial charge is 0.465 e. The Bertz CT molecular complexity index is 155. The number of aliphatic hydroxyl groups excluding tert-OH is 1. The molecule has 3 heteroatoms. The van der Waals surface area contributed by atoms with Crippen molar-refractivity contribution in [3.8, 4) is 0 Å². The van der Waals surface area contributed by atoms with E-state index in [2.05, 4.69) is 6.92 Å². The lowest BCUT2D eigenvalue weighted by molar-refractivity contribution is -0.148. The molecule has 0 aromatic heterocycles. The lowest BCUT2D eigenvalue weighted by Crippen LogP contribution is -2.17. The first-order valence-electron chi connectivity index (χ1n) is 5.42. The first-order chi connectivity index (χ1) is 6.57. The van der Waals surface area contributed by atoms with E-state index < -0.39 is 0 Å². The molecule has 2 unspecified atom stereocenters. The van der Waals surface area contributed by atoms with Crippen LogP contribution < -0.4 is 0 Å². The van der Waals surface area contributed by atoms with Crippen LogP contribution in [0, 0.1) is 5.92 Å². The fourth-order valence-corrected chi connectivity index (χ4v) is 1.07. The molecule has 0 aliphatic heterocycles. The molecular weight excluding hydrogens is 180 g/mol. The standard InChI is InChI=1S/C11H22O3/c1-4-5-8-14-11(13)9(2)6-7-10(3)12/h9-10,12H,4-8H2,1-3H3. The topological polar surface area (TPSA) is 46.5 Å². The van der Waals surface area contributed by atoms with Crippen molar-refractivity contribution < 1.29 is 14.6 Å². The fourth-order valence-electron chi connectivity index (χ4n) is 1.07. The lowest BCUT2D eigenvalue weighted by atomic mass is 10.0. The zero-order valence-electron chi connectivity index (χ0n) is 9.45. The number of hydrogen-bond donors (Lipinski definition) is 1. The Kier molecular flexibility index (Phi) is 7.48. The van der Waals surface area contributed by atoms with Gasteiger partial charge in [-0.2, -0.15) is 0 Å². The first kappa shape index (κ1) is 13.4. The molecule has 84 valence electrons. The number of aliphatic hydroxyl groups is 1. The van der Waals surface area contributed by atoms with Gasteiger partial charge in [-0.05, 0) is 26.2 Å². The molecule has 0 radical (unpaired) electrons. The molecule has 2 atom stereocenters. The number of ether oxygens (including phenoxy) is 1. The average molecular weight is 202 g/mol. The molecule has 0 rings (SSSR count). The second-order valence-electron chi connectivity index (χ2n) is 3.85. The van der Waals surface area contributed by atoms with Crippen LogP contribution in [0.15, 0.2) is 0 Å². The molecule has 0 spiro atoms. The summed E-state index contributed by atoms with van der Waals surface area (Å²) in [5, 5.41) is 9.05. The third-order valence-electron chi connectivity index (χ3n) is 2.16. The zero-order valence-corrected chi connectivity index (χ0v) is 9.45. The maximum atomic E-state index is 11.3. The molecule has 0 saturated carbocycles. The molecule has 1 N–H and O–H groups in total. The fraction of sp³-hybridized carbons (Fsp3) is 0.909. The van der Waals surface area contributed by atoms with Gasteiger partial charge in [0.25, 0.3) is 0 Å². The number of esters is 1. The van der Waals surface area contributed by atoms with Crippen LogP contribution in [0.2, 0.25) is 0 Å². The Hall–Kier alpha value is -0.570. The highest BCUT2D eigenvalue weighted by molar-refractivity contribution is 5.71. The van der Waals surface area contributed by atoms with Gasteiger partial charge in [0.2, 0.25) is 0 Å². The molecule has 3 nitrogen and oxygen atoms in total. The summed E-state index contributed by atoms with van der Waals surface area (Å²) in [6, 6.07) is 0.